The number of nitrogens with zero attached hydrogens (tertiary/aromatic N) is 2. The zero-order chi connectivity index (χ0) is 17.9. The van der Waals surface area contributed by atoms with Gasteiger partial charge in [-0.3, -0.25) is 0 Å². The lowest BCUT2D eigenvalue weighted by Crippen LogP contribution is -2.40. The summed E-state index contributed by atoms with van der Waals surface area (Å²) in [6.07, 6.45) is 1.39. The molecule has 1 aromatic heterocycles. The Bertz CT molecular complexity index is 821. The molecule has 1 aromatic carbocycles. The monoisotopic (exact) mass is 381 g/mol. The first-order valence-electron chi connectivity index (χ1n) is 8.03. The molecule has 6 nitrogen and oxygen atoms in total. The number of hydrogen-bond acceptors (Lipinski definition) is 5. The summed E-state index contributed by atoms with van der Waals surface area (Å²) in [6, 6.07) is 10.8. The van der Waals surface area contributed by atoms with E-state index in [1.807, 2.05) is 31.2 Å². The molecule has 2 aromatic rings. The quantitative estimate of drug-likeness (QED) is 0.862. The van der Waals surface area contributed by atoms with E-state index in [4.69, 9.17) is 16.3 Å². The van der Waals surface area contributed by atoms with Crippen molar-refractivity contribution >= 4 is 27.4 Å². The Morgan fingerprint density at radius 3 is 2.64 bits per heavy atom. The fourth-order valence-corrected chi connectivity index (χ4v) is 4.19. The lowest BCUT2D eigenvalue weighted by atomic mass is 10.1. The molecule has 1 N–H and O–H groups in total. The molecule has 0 aliphatic carbocycles. The van der Waals surface area contributed by atoms with Crippen molar-refractivity contribution in [3.05, 3.63) is 53.2 Å². The topological polar surface area (TPSA) is 71.5 Å². The van der Waals surface area contributed by atoms with Crippen LogP contribution in [0.2, 0.25) is 5.02 Å². The number of anilines is 1. The van der Waals surface area contributed by atoms with Crippen molar-refractivity contribution in [1.82, 2.24) is 9.29 Å². The van der Waals surface area contributed by atoms with Crippen molar-refractivity contribution < 1.29 is 13.2 Å². The molecule has 0 amide bonds. The van der Waals surface area contributed by atoms with Crippen LogP contribution >= 0.6 is 11.6 Å². The Hall–Kier alpha value is -1.67. The standard InChI is InChI=1S/C17H20ClN3O3S/c1-13(14-3-2-4-15(18)11-14)20-17-6-5-16(12-19-17)25(22,23)21-7-9-24-10-8-21/h2-6,11-13H,7-10H2,1H3,(H,19,20). The van der Waals surface area contributed by atoms with Gasteiger partial charge in [0.15, 0.2) is 0 Å². The van der Waals surface area contributed by atoms with Gasteiger partial charge >= 0.3 is 0 Å². The molecule has 25 heavy (non-hydrogen) atoms. The summed E-state index contributed by atoms with van der Waals surface area (Å²) >= 11 is 6.01. The number of aromatic nitrogens is 1. The lowest BCUT2D eigenvalue weighted by Gasteiger charge is -2.26. The Kier molecular flexibility index (Phi) is 5.58. The second-order valence-corrected chi connectivity index (χ2v) is 8.19. The van der Waals surface area contributed by atoms with E-state index in [0.29, 0.717) is 37.1 Å². The third kappa shape index (κ3) is 4.30. The number of halogens is 1. The first kappa shape index (κ1) is 18.1. The van der Waals surface area contributed by atoms with Crippen molar-refractivity contribution in [2.75, 3.05) is 31.6 Å². The minimum Gasteiger partial charge on any atom is -0.379 e. The molecule has 3 rings (SSSR count). The van der Waals surface area contributed by atoms with Gasteiger partial charge in [-0.2, -0.15) is 4.31 Å². The average molecular weight is 382 g/mol. The van der Waals surface area contributed by atoms with Gasteiger partial charge in [-0.1, -0.05) is 23.7 Å². The minimum absolute atomic E-state index is 0.00657. The molecule has 1 saturated heterocycles. The van der Waals surface area contributed by atoms with E-state index in [0.717, 1.165) is 5.56 Å². The van der Waals surface area contributed by atoms with E-state index in [1.54, 1.807) is 12.1 Å². The maximum Gasteiger partial charge on any atom is 0.244 e. The first-order valence-corrected chi connectivity index (χ1v) is 9.84. The summed E-state index contributed by atoms with van der Waals surface area (Å²) in [7, 11) is -3.52. The predicted molar refractivity (Wildman–Crippen MR) is 97.3 cm³/mol. The maximum absolute atomic E-state index is 12.6. The zero-order valence-corrected chi connectivity index (χ0v) is 15.4. The molecule has 0 saturated carbocycles. The molecule has 1 aliphatic heterocycles. The van der Waals surface area contributed by atoms with Crippen molar-refractivity contribution in [2.45, 2.75) is 17.9 Å². The molecule has 8 heteroatoms. The van der Waals surface area contributed by atoms with Gasteiger partial charge in [-0.25, -0.2) is 13.4 Å². The Morgan fingerprint density at radius 2 is 2.00 bits per heavy atom. The van der Waals surface area contributed by atoms with Gasteiger partial charge < -0.3 is 10.1 Å². The second kappa shape index (κ2) is 7.70. The van der Waals surface area contributed by atoms with Crippen LogP contribution in [0.3, 0.4) is 0 Å². The molecule has 0 spiro atoms. The fourth-order valence-electron chi connectivity index (χ4n) is 2.64. The predicted octanol–water partition coefficient (Wildman–Crippen LogP) is 2.93. The normalized spacial score (nSPS) is 17.2. The van der Waals surface area contributed by atoms with Crippen LogP contribution in [0.1, 0.15) is 18.5 Å². The highest BCUT2D eigenvalue weighted by Crippen LogP contribution is 2.22. The van der Waals surface area contributed by atoms with Gasteiger partial charge in [-0.05, 0) is 36.8 Å². The summed E-state index contributed by atoms with van der Waals surface area (Å²) in [5.41, 5.74) is 1.03. The SMILES string of the molecule is CC(Nc1ccc(S(=O)(=O)N2CCOCC2)cn1)c1cccc(Cl)c1. The van der Waals surface area contributed by atoms with E-state index < -0.39 is 10.0 Å². The molecular formula is C17H20ClN3O3S. The highest BCUT2D eigenvalue weighted by atomic mass is 35.5. The van der Waals surface area contributed by atoms with Crippen molar-refractivity contribution in [3.8, 4) is 0 Å². The zero-order valence-electron chi connectivity index (χ0n) is 13.9. The highest BCUT2D eigenvalue weighted by Gasteiger charge is 2.26. The van der Waals surface area contributed by atoms with E-state index in [2.05, 4.69) is 10.3 Å². The minimum atomic E-state index is -3.52. The number of sulfonamides is 1. The Balaban J connectivity index is 1.71. The van der Waals surface area contributed by atoms with Gasteiger partial charge in [-0.15, -0.1) is 0 Å². The molecule has 1 aliphatic rings. The van der Waals surface area contributed by atoms with Gasteiger partial charge in [0.2, 0.25) is 10.0 Å². The molecular weight excluding hydrogens is 362 g/mol. The van der Waals surface area contributed by atoms with Crippen LogP contribution < -0.4 is 5.32 Å². The van der Waals surface area contributed by atoms with E-state index >= 15 is 0 Å². The number of pyridine rings is 1. The molecule has 134 valence electrons. The third-order valence-electron chi connectivity index (χ3n) is 4.06. The van der Waals surface area contributed by atoms with E-state index in [1.165, 1.54) is 10.5 Å². The van der Waals surface area contributed by atoms with Gasteiger partial charge in [0.25, 0.3) is 0 Å². The van der Waals surface area contributed by atoms with Gasteiger partial charge in [0, 0.05) is 30.4 Å². The van der Waals surface area contributed by atoms with Crippen LogP contribution in [-0.2, 0) is 14.8 Å². The van der Waals surface area contributed by atoms with E-state index in [-0.39, 0.29) is 10.9 Å². The first-order chi connectivity index (χ1) is 12.0. The van der Waals surface area contributed by atoms with Gasteiger partial charge in [0.05, 0.1) is 13.2 Å². The van der Waals surface area contributed by atoms with Crippen LogP contribution in [0.15, 0.2) is 47.5 Å². The fraction of sp³-hybridized carbons (Fsp3) is 0.353. The van der Waals surface area contributed by atoms with Crippen molar-refractivity contribution in [1.29, 1.82) is 0 Å². The number of ether oxygens (including phenoxy) is 1. The molecule has 1 fully saturated rings. The second-order valence-electron chi connectivity index (χ2n) is 5.82. The lowest BCUT2D eigenvalue weighted by molar-refractivity contribution is 0.0730. The summed E-state index contributed by atoms with van der Waals surface area (Å²) in [5, 5.41) is 3.92. The number of hydrogen-bond donors (Lipinski definition) is 1. The Labute approximate surface area is 152 Å². The highest BCUT2D eigenvalue weighted by molar-refractivity contribution is 7.89. The maximum atomic E-state index is 12.6. The summed E-state index contributed by atoms with van der Waals surface area (Å²) in [4.78, 5) is 4.44. The van der Waals surface area contributed by atoms with Crippen LogP contribution in [-0.4, -0.2) is 44.0 Å². The smallest absolute Gasteiger partial charge is 0.244 e. The molecule has 0 radical (unpaired) electrons. The van der Waals surface area contributed by atoms with Crippen LogP contribution in [0, 0.1) is 0 Å². The Morgan fingerprint density at radius 1 is 1.24 bits per heavy atom. The van der Waals surface area contributed by atoms with Gasteiger partial charge in [0.1, 0.15) is 10.7 Å². The van der Waals surface area contributed by atoms with Crippen LogP contribution in [0.25, 0.3) is 0 Å². The summed E-state index contributed by atoms with van der Waals surface area (Å²) < 4.78 is 31.8. The third-order valence-corrected chi connectivity index (χ3v) is 6.17. The van der Waals surface area contributed by atoms with Crippen LogP contribution in [0.5, 0.6) is 0 Å². The van der Waals surface area contributed by atoms with Crippen molar-refractivity contribution in [3.63, 3.8) is 0 Å². The summed E-state index contributed by atoms with van der Waals surface area (Å²) in [6.45, 7) is 3.57. The molecule has 0 bridgehead atoms. The number of rotatable bonds is 5. The molecule has 1 unspecified atom stereocenters. The molecule has 1 atom stereocenters. The summed E-state index contributed by atoms with van der Waals surface area (Å²) in [5.74, 6) is 0.605. The number of benzene rings is 1. The molecule has 2 heterocycles. The van der Waals surface area contributed by atoms with E-state index in [9.17, 15) is 8.42 Å². The largest absolute Gasteiger partial charge is 0.379 e. The number of morpholine rings is 1. The number of nitrogens with one attached hydrogen (secondary N) is 1. The van der Waals surface area contributed by atoms with Crippen molar-refractivity contribution in [2.24, 2.45) is 0 Å². The van der Waals surface area contributed by atoms with Crippen LogP contribution in [0.4, 0.5) is 5.82 Å². The average Bonchev–Trinajstić information content (AvgIpc) is 2.63.